The van der Waals surface area contributed by atoms with Gasteiger partial charge in [0.05, 0.1) is 4.43 Å². The summed E-state index contributed by atoms with van der Waals surface area (Å²) in [4.78, 5) is 11.1. The summed E-state index contributed by atoms with van der Waals surface area (Å²) in [7, 11) is 0. The molecule has 11 heavy (non-hydrogen) atoms. The average molecular weight is 372 g/mol. The maximum Gasteiger partial charge on any atom is 0.172 e. The first-order valence-corrected chi connectivity index (χ1v) is 5.69. The lowest BCUT2D eigenvalue weighted by molar-refractivity contribution is 0.102. The van der Waals surface area contributed by atoms with Gasteiger partial charge in [-0.2, -0.15) is 0 Å². The zero-order valence-corrected chi connectivity index (χ0v) is 10.00. The Morgan fingerprint density at radius 2 is 1.82 bits per heavy atom. The molecule has 0 aliphatic rings. The quantitative estimate of drug-likeness (QED) is 0.444. The minimum Gasteiger partial charge on any atom is -0.293 e. The molecule has 1 aromatic rings. The Balaban J connectivity index is 2.90. The largest absolute Gasteiger partial charge is 0.293 e. The Bertz CT molecular complexity index is 253. The van der Waals surface area contributed by atoms with Gasteiger partial charge in [-0.05, 0) is 34.7 Å². The van der Waals surface area contributed by atoms with Crippen molar-refractivity contribution in [3.63, 3.8) is 0 Å². The van der Waals surface area contributed by atoms with Crippen molar-refractivity contribution in [2.24, 2.45) is 0 Å². The normalized spacial score (nSPS) is 9.64. The highest BCUT2D eigenvalue weighted by atomic mass is 127. The molecule has 0 radical (unpaired) electrons. The molecule has 0 atom stereocenters. The van der Waals surface area contributed by atoms with Gasteiger partial charge in [-0.3, -0.25) is 4.79 Å². The van der Waals surface area contributed by atoms with Crippen LogP contribution >= 0.6 is 45.2 Å². The van der Waals surface area contributed by atoms with E-state index in [0.717, 1.165) is 9.13 Å². The standard InChI is InChI=1S/C8H6I2O/c9-5-8(11)6-1-3-7(10)4-2-6/h1-4H,5H2. The second-order valence-corrected chi connectivity index (χ2v) is 4.07. The van der Waals surface area contributed by atoms with Crippen LogP contribution in [0.4, 0.5) is 0 Å². The first-order chi connectivity index (χ1) is 5.24. The zero-order valence-electron chi connectivity index (χ0n) is 5.68. The highest BCUT2D eigenvalue weighted by Gasteiger charge is 2.01. The molecule has 0 unspecified atom stereocenters. The molecular weight excluding hydrogens is 366 g/mol. The maximum atomic E-state index is 11.1. The van der Waals surface area contributed by atoms with Crippen LogP contribution in [0.1, 0.15) is 10.4 Å². The van der Waals surface area contributed by atoms with Gasteiger partial charge in [0.2, 0.25) is 0 Å². The van der Waals surface area contributed by atoms with Crippen LogP contribution in [0.3, 0.4) is 0 Å². The molecule has 0 N–H and O–H groups in total. The van der Waals surface area contributed by atoms with E-state index in [2.05, 4.69) is 45.2 Å². The van der Waals surface area contributed by atoms with E-state index in [9.17, 15) is 4.79 Å². The van der Waals surface area contributed by atoms with Crippen molar-refractivity contribution in [3.8, 4) is 0 Å². The summed E-state index contributed by atoms with van der Waals surface area (Å²) >= 11 is 4.29. The number of halogens is 2. The van der Waals surface area contributed by atoms with Crippen LogP contribution in [0.2, 0.25) is 0 Å². The fraction of sp³-hybridized carbons (Fsp3) is 0.125. The first-order valence-electron chi connectivity index (χ1n) is 3.09. The fourth-order valence-corrected chi connectivity index (χ4v) is 1.51. The van der Waals surface area contributed by atoms with E-state index in [0.29, 0.717) is 4.43 Å². The second-order valence-electron chi connectivity index (χ2n) is 2.06. The average Bonchev–Trinajstić information content (AvgIpc) is 2.05. The SMILES string of the molecule is O=C(CI)c1ccc(I)cc1. The number of carbonyl (C=O) groups is 1. The number of benzene rings is 1. The third-order valence-corrected chi connectivity index (χ3v) is 2.70. The molecule has 0 bridgehead atoms. The molecule has 1 nitrogen and oxygen atoms in total. The number of ketones is 1. The van der Waals surface area contributed by atoms with E-state index in [1.807, 2.05) is 24.3 Å². The van der Waals surface area contributed by atoms with E-state index in [4.69, 9.17) is 0 Å². The Hall–Kier alpha value is 0.350. The van der Waals surface area contributed by atoms with Crippen molar-refractivity contribution in [2.75, 3.05) is 4.43 Å². The van der Waals surface area contributed by atoms with Gasteiger partial charge in [0, 0.05) is 9.13 Å². The number of rotatable bonds is 2. The molecular formula is C8H6I2O. The molecule has 0 saturated heterocycles. The number of hydrogen-bond acceptors (Lipinski definition) is 1. The van der Waals surface area contributed by atoms with Gasteiger partial charge in [0.25, 0.3) is 0 Å². The summed E-state index contributed by atoms with van der Waals surface area (Å²) in [5, 5.41) is 0. The molecule has 0 fully saturated rings. The van der Waals surface area contributed by atoms with Gasteiger partial charge < -0.3 is 0 Å². The van der Waals surface area contributed by atoms with Gasteiger partial charge in [0.15, 0.2) is 5.78 Å². The smallest absolute Gasteiger partial charge is 0.172 e. The Morgan fingerprint density at radius 3 is 2.27 bits per heavy atom. The van der Waals surface area contributed by atoms with Crippen LogP contribution in [0.25, 0.3) is 0 Å². The zero-order chi connectivity index (χ0) is 8.27. The number of alkyl halides is 1. The van der Waals surface area contributed by atoms with Crippen molar-refractivity contribution >= 4 is 51.0 Å². The van der Waals surface area contributed by atoms with Crippen molar-refractivity contribution in [3.05, 3.63) is 33.4 Å². The third kappa shape index (κ3) is 2.70. The summed E-state index contributed by atoms with van der Waals surface area (Å²) in [5.74, 6) is 0.196. The lowest BCUT2D eigenvalue weighted by atomic mass is 10.2. The molecule has 0 aromatic heterocycles. The van der Waals surface area contributed by atoms with Gasteiger partial charge in [-0.15, -0.1) is 0 Å². The lowest BCUT2D eigenvalue weighted by Gasteiger charge is -1.95. The number of hydrogen-bond donors (Lipinski definition) is 0. The molecule has 1 aromatic carbocycles. The van der Waals surface area contributed by atoms with Crippen LogP contribution in [-0.4, -0.2) is 10.2 Å². The van der Waals surface area contributed by atoms with Crippen LogP contribution in [0, 0.1) is 3.57 Å². The molecule has 0 aliphatic heterocycles. The minimum absolute atomic E-state index is 0.196. The van der Waals surface area contributed by atoms with E-state index < -0.39 is 0 Å². The topological polar surface area (TPSA) is 17.1 Å². The second kappa shape index (κ2) is 4.39. The highest BCUT2D eigenvalue weighted by molar-refractivity contribution is 14.1. The summed E-state index contributed by atoms with van der Waals surface area (Å²) < 4.78 is 1.71. The Kier molecular flexibility index (Phi) is 3.77. The van der Waals surface area contributed by atoms with E-state index in [-0.39, 0.29) is 5.78 Å². The Morgan fingerprint density at radius 1 is 1.27 bits per heavy atom. The summed E-state index contributed by atoms with van der Waals surface area (Å²) in [5.41, 5.74) is 0.805. The van der Waals surface area contributed by atoms with Crippen LogP contribution < -0.4 is 0 Å². The minimum atomic E-state index is 0.196. The molecule has 0 saturated carbocycles. The summed E-state index contributed by atoms with van der Waals surface area (Å²) in [6.07, 6.45) is 0. The fourth-order valence-electron chi connectivity index (χ4n) is 0.713. The van der Waals surface area contributed by atoms with E-state index >= 15 is 0 Å². The predicted octanol–water partition coefficient (Wildman–Crippen LogP) is 2.91. The lowest BCUT2D eigenvalue weighted by Crippen LogP contribution is -1.98. The number of carbonyl (C=O) groups excluding carboxylic acids is 1. The van der Waals surface area contributed by atoms with Crippen molar-refractivity contribution in [2.45, 2.75) is 0 Å². The molecule has 1 rings (SSSR count). The first kappa shape index (κ1) is 9.44. The van der Waals surface area contributed by atoms with Crippen molar-refractivity contribution in [1.82, 2.24) is 0 Å². The summed E-state index contributed by atoms with van der Waals surface area (Å²) in [6.45, 7) is 0. The van der Waals surface area contributed by atoms with E-state index in [1.54, 1.807) is 0 Å². The van der Waals surface area contributed by atoms with Gasteiger partial charge in [-0.1, -0.05) is 34.7 Å². The molecule has 3 heteroatoms. The molecule has 58 valence electrons. The van der Waals surface area contributed by atoms with E-state index in [1.165, 1.54) is 0 Å². The van der Waals surface area contributed by atoms with Gasteiger partial charge in [0.1, 0.15) is 0 Å². The van der Waals surface area contributed by atoms with Gasteiger partial charge >= 0.3 is 0 Å². The third-order valence-electron chi connectivity index (χ3n) is 1.29. The molecule has 0 heterocycles. The van der Waals surface area contributed by atoms with Crippen molar-refractivity contribution < 1.29 is 4.79 Å². The molecule has 0 amide bonds. The van der Waals surface area contributed by atoms with Gasteiger partial charge in [-0.25, -0.2) is 0 Å². The summed E-state index contributed by atoms with van der Waals surface area (Å²) in [6, 6.07) is 7.62. The maximum absolute atomic E-state index is 11.1. The molecule has 0 aliphatic carbocycles. The Labute approximate surface area is 92.8 Å². The van der Waals surface area contributed by atoms with Crippen LogP contribution in [0.5, 0.6) is 0 Å². The monoisotopic (exact) mass is 372 g/mol. The van der Waals surface area contributed by atoms with Crippen molar-refractivity contribution in [1.29, 1.82) is 0 Å². The highest BCUT2D eigenvalue weighted by Crippen LogP contribution is 2.08. The van der Waals surface area contributed by atoms with Crippen LogP contribution in [0.15, 0.2) is 24.3 Å². The predicted molar refractivity (Wildman–Crippen MR) is 62.4 cm³/mol. The van der Waals surface area contributed by atoms with Crippen LogP contribution in [-0.2, 0) is 0 Å². The molecule has 0 spiro atoms. The number of Topliss-reactive ketones (excluding diaryl/α,β-unsaturated/α-hetero) is 1.